The van der Waals surface area contributed by atoms with Crippen molar-refractivity contribution in [1.82, 2.24) is 24.9 Å². The van der Waals surface area contributed by atoms with Gasteiger partial charge in [-0.15, -0.1) is 0 Å². The van der Waals surface area contributed by atoms with Crippen LogP contribution in [0.1, 0.15) is 68.0 Å². The third-order valence-corrected chi connectivity index (χ3v) is 8.30. The molecule has 0 radical (unpaired) electrons. The Morgan fingerprint density at radius 2 is 1.84 bits per heavy atom. The lowest BCUT2D eigenvalue weighted by atomic mass is 9.62. The number of hydrogen-bond acceptors (Lipinski definition) is 8. The summed E-state index contributed by atoms with van der Waals surface area (Å²) in [6.45, 7) is 8.59. The predicted octanol–water partition coefficient (Wildman–Crippen LogP) is 3.14. The van der Waals surface area contributed by atoms with Gasteiger partial charge in [0.25, 0.3) is 5.89 Å². The van der Waals surface area contributed by atoms with Crippen molar-refractivity contribution < 1.29 is 19.5 Å². The topological polar surface area (TPSA) is 116 Å². The summed E-state index contributed by atoms with van der Waals surface area (Å²) in [7, 11) is 2.06. The van der Waals surface area contributed by atoms with Gasteiger partial charge in [-0.3, -0.25) is 9.78 Å². The number of carbonyl (C=O) groups excluding carboxylic acids is 1. The summed E-state index contributed by atoms with van der Waals surface area (Å²) in [5.41, 5.74) is 1.76. The summed E-state index contributed by atoms with van der Waals surface area (Å²) in [4.78, 5) is 24.8. The van der Waals surface area contributed by atoms with E-state index in [0.717, 1.165) is 18.7 Å². The van der Waals surface area contributed by atoms with Gasteiger partial charge < -0.3 is 24.5 Å². The maximum Gasteiger partial charge on any atom is 0.259 e. The molecule has 38 heavy (non-hydrogen) atoms. The van der Waals surface area contributed by atoms with Gasteiger partial charge in [-0.1, -0.05) is 50.2 Å². The van der Waals surface area contributed by atoms with Crippen LogP contribution >= 0.6 is 0 Å². The monoisotopic (exact) mass is 519 g/mol. The Balaban J connectivity index is 1.44. The van der Waals surface area contributed by atoms with E-state index < -0.39 is 17.6 Å². The van der Waals surface area contributed by atoms with Gasteiger partial charge in [-0.2, -0.15) is 4.98 Å². The van der Waals surface area contributed by atoms with Crippen molar-refractivity contribution in [1.29, 1.82) is 0 Å². The van der Waals surface area contributed by atoms with Gasteiger partial charge in [0, 0.05) is 55.5 Å². The second-order valence-corrected chi connectivity index (χ2v) is 11.5. The van der Waals surface area contributed by atoms with Crippen LogP contribution in [0.15, 0.2) is 47.2 Å². The van der Waals surface area contributed by atoms with E-state index in [1.807, 2.05) is 18.2 Å². The van der Waals surface area contributed by atoms with Crippen molar-refractivity contribution in [3.8, 4) is 11.5 Å². The number of amides is 1. The molecule has 2 aliphatic rings. The Morgan fingerprint density at radius 1 is 1.16 bits per heavy atom. The van der Waals surface area contributed by atoms with E-state index in [1.165, 1.54) is 5.56 Å². The van der Waals surface area contributed by atoms with Gasteiger partial charge in [0.1, 0.15) is 12.2 Å². The van der Waals surface area contributed by atoms with E-state index in [9.17, 15) is 9.90 Å². The molecular weight excluding hydrogens is 482 g/mol. The lowest BCUT2D eigenvalue weighted by molar-refractivity contribution is -0.135. The van der Waals surface area contributed by atoms with E-state index in [1.54, 1.807) is 17.3 Å². The maximum absolute atomic E-state index is 12.5. The molecule has 2 saturated heterocycles. The predicted molar refractivity (Wildman–Crippen MR) is 142 cm³/mol. The highest BCUT2D eigenvalue weighted by Gasteiger charge is 2.55. The highest BCUT2D eigenvalue weighted by molar-refractivity contribution is 5.77. The molecule has 0 bridgehead atoms. The van der Waals surface area contributed by atoms with Crippen molar-refractivity contribution in [2.24, 2.45) is 5.41 Å². The molecule has 1 atom stereocenters. The van der Waals surface area contributed by atoms with Crippen LogP contribution in [0, 0.1) is 5.41 Å². The van der Waals surface area contributed by atoms with Gasteiger partial charge in [0.05, 0.1) is 5.56 Å². The van der Waals surface area contributed by atoms with Gasteiger partial charge >= 0.3 is 0 Å². The number of benzene rings is 1. The quantitative estimate of drug-likeness (QED) is 0.489. The minimum absolute atomic E-state index is 0.0761. The maximum atomic E-state index is 12.5. The minimum atomic E-state index is -1.26. The van der Waals surface area contributed by atoms with Crippen LogP contribution in [-0.4, -0.2) is 80.9 Å². The first-order valence-electron chi connectivity index (χ1n) is 13.3. The molecule has 2 aromatic heterocycles. The Kier molecular flexibility index (Phi) is 7.11. The molecule has 0 aliphatic carbocycles. The number of aliphatic hydroxyl groups is 2. The fourth-order valence-corrected chi connectivity index (χ4v) is 6.11. The summed E-state index contributed by atoms with van der Waals surface area (Å²) >= 11 is 0. The number of aromatic nitrogens is 3. The molecular formula is C29H37N5O4. The van der Waals surface area contributed by atoms with Gasteiger partial charge in [-0.25, -0.2) is 0 Å². The van der Waals surface area contributed by atoms with E-state index in [0.29, 0.717) is 54.7 Å². The van der Waals surface area contributed by atoms with Crippen LogP contribution in [0.4, 0.5) is 0 Å². The molecule has 2 fully saturated rings. The third-order valence-electron chi connectivity index (χ3n) is 8.30. The first kappa shape index (κ1) is 26.5. The largest absolute Gasteiger partial charge is 0.387 e. The molecule has 0 saturated carbocycles. The highest BCUT2D eigenvalue weighted by Crippen LogP contribution is 2.50. The summed E-state index contributed by atoms with van der Waals surface area (Å²) in [5.74, 6) is 1.19. The van der Waals surface area contributed by atoms with E-state index >= 15 is 0 Å². The van der Waals surface area contributed by atoms with E-state index in [4.69, 9.17) is 9.63 Å². The molecule has 2 N–H and O–H groups in total. The van der Waals surface area contributed by atoms with Crippen LogP contribution < -0.4 is 0 Å². The average molecular weight is 520 g/mol. The Bertz CT molecular complexity index is 1280. The number of likely N-dealkylation sites (tertiary alicyclic amines) is 2. The first-order valence-corrected chi connectivity index (χ1v) is 13.3. The molecule has 1 aromatic carbocycles. The van der Waals surface area contributed by atoms with E-state index in [2.05, 4.69) is 60.0 Å². The van der Waals surface area contributed by atoms with Gasteiger partial charge in [-0.05, 0) is 43.0 Å². The fourth-order valence-electron chi connectivity index (χ4n) is 6.11. The number of pyridine rings is 1. The summed E-state index contributed by atoms with van der Waals surface area (Å²) in [6, 6.07) is 10.2. The van der Waals surface area contributed by atoms with Crippen molar-refractivity contribution >= 4 is 5.91 Å². The summed E-state index contributed by atoms with van der Waals surface area (Å²) in [5, 5.41) is 25.8. The Morgan fingerprint density at radius 3 is 2.45 bits per heavy atom. The lowest BCUT2D eigenvalue weighted by Gasteiger charge is -2.55. The highest BCUT2D eigenvalue weighted by atomic mass is 16.5. The van der Waals surface area contributed by atoms with Crippen LogP contribution in [0.5, 0.6) is 0 Å². The number of nitrogens with zero attached hydrogens (tertiary/aromatic N) is 5. The molecule has 3 aromatic rings. The van der Waals surface area contributed by atoms with Crippen molar-refractivity contribution in [2.75, 3.05) is 39.8 Å². The summed E-state index contributed by atoms with van der Waals surface area (Å²) in [6.07, 6.45) is 4.83. The molecule has 9 heteroatoms. The molecule has 202 valence electrons. The third kappa shape index (κ3) is 4.63. The van der Waals surface area contributed by atoms with E-state index in [-0.39, 0.29) is 11.8 Å². The van der Waals surface area contributed by atoms with Gasteiger partial charge in [0.15, 0.2) is 5.82 Å². The standard InChI is InChI=1S/C29H37N5O4/c1-19(2)20-5-7-23(8-6-20)29(37,28(3)17-33(4)18-28)24-13-22(14-30-15-24)27-31-26(32-38-27)21-9-11-34(12-10-21)25(36)16-35/h5-8,13-15,19,21,35,37H,9-12,16-18H2,1-4H3/t29-/m0/s1. The first-order chi connectivity index (χ1) is 18.1. The number of rotatable bonds is 7. The summed E-state index contributed by atoms with van der Waals surface area (Å²) < 4.78 is 5.65. The van der Waals surface area contributed by atoms with Crippen LogP contribution in [0.2, 0.25) is 0 Å². The zero-order valence-electron chi connectivity index (χ0n) is 22.6. The van der Waals surface area contributed by atoms with Gasteiger partial charge in [0.2, 0.25) is 5.91 Å². The van der Waals surface area contributed by atoms with Crippen molar-refractivity contribution in [3.05, 3.63) is 65.2 Å². The average Bonchev–Trinajstić information content (AvgIpc) is 3.42. The SMILES string of the molecule is CC(C)c1ccc([C@](O)(c2cncc(-c3nc(C4CCN(C(=O)CO)CC4)no3)c2)C2(C)CN(C)C2)cc1. The van der Waals surface area contributed by atoms with Crippen LogP contribution in [-0.2, 0) is 10.4 Å². The Labute approximate surface area is 223 Å². The zero-order valence-corrected chi connectivity index (χ0v) is 22.6. The van der Waals surface area contributed by atoms with Crippen molar-refractivity contribution in [2.45, 2.75) is 51.0 Å². The molecule has 4 heterocycles. The molecule has 0 unspecified atom stereocenters. The lowest BCUT2D eigenvalue weighted by Crippen LogP contribution is -2.63. The van der Waals surface area contributed by atoms with Crippen LogP contribution in [0.25, 0.3) is 11.5 Å². The molecule has 1 amide bonds. The number of hydrogen-bond donors (Lipinski definition) is 2. The second kappa shape index (κ2) is 10.2. The van der Waals surface area contributed by atoms with Crippen LogP contribution in [0.3, 0.4) is 0 Å². The van der Waals surface area contributed by atoms with Crippen molar-refractivity contribution in [3.63, 3.8) is 0 Å². The number of piperidine rings is 1. The smallest absolute Gasteiger partial charge is 0.259 e. The second-order valence-electron chi connectivity index (χ2n) is 11.5. The minimum Gasteiger partial charge on any atom is -0.387 e. The fraction of sp³-hybridized carbons (Fsp3) is 0.517. The number of carbonyl (C=O) groups is 1. The molecule has 9 nitrogen and oxygen atoms in total. The molecule has 0 spiro atoms. The number of aliphatic hydroxyl groups excluding tert-OH is 1. The normalized spacial score (nSPS) is 19.8. The Hall–Kier alpha value is -3.14. The molecule has 2 aliphatic heterocycles. The molecule has 5 rings (SSSR count). The zero-order chi connectivity index (χ0) is 27.1.